The van der Waals surface area contributed by atoms with Gasteiger partial charge in [0, 0.05) is 0 Å². The summed E-state index contributed by atoms with van der Waals surface area (Å²) in [5.41, 5.74) is -0.513. The van der Waals surface area contributed by atoms with Crippen molar-refractivity contribution >= 4 is 6.09 Å². The number of nitriles is 1. The fourth-order valence-electron chi connectivity index (χ4n) is 1.50. The summed E-state index contributed by atoms with van der Waals surface area (Å²) in [5, 5.41) is 8.79. The standard InChI is InChI=1S/C11H18N2O3/c1-8-6-13(7-9(5-12)15-8)10(14)16-11(2,3)4/h8-9H,6-7H2,1-4H3/t8-,9-/m1/s1. The molecule has 0 bridgehead atoms. The summed E-state index contributed by atoms with van der Waals surface area (Å²) in [4.78, 5) is 13.3. The number of amides is 1. The molecule has 1 fully saturated rings. The second kappa shape index (κ2) is 4.71. The molecular weight excluding hydrogens is 208 g/mol. The minimum atomic E-state index is -0.559. The van der Waals surface area contributed by atoms with Gasteiger partial charge in [0.25, 0.3) is 0 Å². The zero-order valence-corrected chi connectivity index (χ0v) is 10.2. The van der Waals surface area contributed by atoms with E-state index in [2.05, 4.69) is 0 Å². The van der Waals surface area contributed by atoms with Crippen LogP contribution in [0.3, 0.4) is 0 Å². The first-order valence-corrected chi connectivity index (χ1v) is 5.35. The maximum absolute atomic E-state index is 11.8. The summed E-state index contributed by atoms with van der Waals surface area (Å²) in [5.74, 6) is 0. The Morgan fingerprint density at radius 3 is 2.62 bits per heavy atom. The topological polar surface area (TPSA) is 62.6 Å². The van der Waals surface area contributed by atoms with Gasteiger partial charge in [0.2, 0.25) is 0 Å². The first-order chi connectivity index (χ1) is 7.31. The minimum absolute atomic E-state index is 0.133. The zero-order valence-electron chi connectivity index (χ0n) is 10.2. The Kier molecular flexibility index (Phi) is 3.76. The lowest BCUT2D eigenvalue weighted by Gasteiger charge is -2.34. The molecule has 0 aromatic rings. The molecule has 2 atom stereocenters. The third kappa shape index (κ3) is 3.70. The van der Waals surface area contributed by atoms with Crippen LogP contribution in [0.2, 0.25) is 0 Å². The second-order valence-electron chi connectivity index (χ2n) is 4.95. The third-order valence-electron chi connectivity index (χ3n) is 2.06. The minimum Gasteiger partial charge on any atom is -0.444 e. The number of carbonyl (C=O) groups is 1. The van der Waals surface area contributed by atoms with Crippen LogP contribution in [0.5, 0.6) is 0 Å². The molecule has 1 aliphatic heterocycles. The van der Waals surface area contributed by atoms with E-state index in [4.69, 9.17) is 14.7 Å². The number of rotatable bonds is 0. The highest BCUT2D eigenvalue weighted by molar-refractivity contribution is 5.68. The van der Waals surface area contributed by atoms with Crippen LogP contribution in [0.1, 0.15) is 27.7 Å². The lowest BCUT2D eigenvalue weighted by atomic mass is 10.2. The fourth-order valence-corrected chi connectivity index (χ4v) is 1.50. The number of morpholine rings is 1. The van der Waals surface area contributed by atoms with Gasteiger partial charge in [0.1, 0.15) is 5.60 Å². The van der Waals surface area contributed by atoms with Crippen molar-refractivity contribution in [3.05, 3.63) is 0 Å². The van der Waals surface area contributed by atoms with Crippen molar-refractivity contribution in [1.29, 1.82) is 5.26 Å². The predicted molar refractivity (Wildman–Crippen MR) is 57.8 cm³/mol. The van der Waals surface area contributed by atoms with Gasteiger partial charge in [-0.15, -0.1) is 0 Å². The van der Waals surface area contributed by atoms with Gasteiger partial charge in [-0.25, -0.2) is 4.79 Å². The second-order valence-corrected chi connectivity index (χ2v) is 4.95. The Bertz CT molecular complexity index is 303. The SMILES string of the molecule is C[C@@H]1CN(C(=O)OC(C)(C)C)C[C@@H](C#N)O1. The van der Waals surface area contributed by atoms with Gasteiger partial charge in [-0.3, -0.25) is 0 Å². The molecule has 0 aromatic carbocycles. The lowest BCUT2D eigenvalue weighted by Crippen LogP contribution is -2.50. The van der Waals surface area contributed by atoms with E-state index in [9.17, 15) is 4.79 Å². The lowest BCUT2D eigenvalue weighted by molar-refractivity contribution is -0.0592. The highest BCUT2D eigenvalue weighted by Crippen LogP contribution is 2.15. The molecule has 0 aliphatic carbocycles. The summed E-state index contributed by atoms with van der Waals surface area (Å²) in [7, 11) is 0. The Balaban J connectivity index is 2.59. The van der Waals surface area contributed by atoms with Crippen molar-refractivity contribution in [2.75, 3.05) is 13.1 Å². The number of hydrogen-bond acceptors (Lipinski definition) is 4. The van der Waals surface area contributed by atoms with Crippen LogP contribution in [0.4, 0.5) is 4.79 Å². The summed E-state index contributed by atoms with van der Waals surface area (Å²) >= 11 is 0. The summed E-state index contributed by atoms with van der Waals surface area (Å²) in [6, 6.07) is 2.01. The van der Waals surface area contributed by atoms with Crippen LogP contribution >= 0.6 is 0 Å². The van der Waals surface area contributed by atoms with Crippen LogP contribution < -0.4 is 0 Å². The van der Waals surface area contributed by atoms with Gasteiger partial charge in [-0.2, -0.15) is 5.26 Å². The number of hydrogen-bond donors (Lipinski definition) is 0. The number of ether oxygens (including phenoxy) is 2. The van der Waals surface area contributed by atoms with Crippen LogP contribution in [-0.2, 0) is 9.47 Å². The smallest absolute Gasteiger partial charge is 0.410 e. The van der Waals surface area contributed by atoms with Crippen molar-refractivity contribution in [3.63, 3.8) is 0 Å². The van der Waals surface area contributed by atoms with E-state index in [-0.39, 0.29) is 18.7 Å². The van der Waals surface area contributed by atoms with Gasteiger partial charge >= 0.3 is 6.09 Å². The molecule has 1 aliphatic rings. The van der Waals surface area contributed by atoms with E-state index < -0.39 is 11.7 Å². The highest BCUT2D eigenvalue weighted by atomic mass is 16.6. The van der Waals surface area contributed by atoms with Crippen molar-refractivity contribution < 1.29 is 14.3 Å². The van der Waals surface area contributed by atoms with Crippen LogP contribution in [0.15, 0.2) is 0 Å². The van der Waals surface area contributed by atoms with Crippen LogP contribution in [-0.4, -0.2) is 41.9 Å². The van der Waals surface area contributed by atoms with Gasteiger partial charge in [0.05, 0.1) is 25.3 Å². The van der Waals surface area contributed by atoms with Crippen molar-refractivity contribution in [2.24, 2.45) is 0 Å². The van der Waals surface area contributed by atoms with E-state index >= 15 is 0 Å². The molecule has 1 amide bonds. The Hall–Kier alpha value is -1.28. The van der Waals surface area contributed by atoms with Crippen molar-refractivity contribution in [1.82, 2.24) is 4.90 Å². The van der Waals surface area contributed by atoms with E-state index in [1.54, 1.807) is 0 Å². The van der Waals surface area contributed by atoms with E-state index in [0.29, 0.717) is 6.54 Å². The van der Waals surface area contributed by atoms with Crippen molar-refractivity contribution in [2.45, 2.75) is 45.5 Å². The third-order valence-corrected chi connectivity index (χ3v) is 2.06. The molecule has 0 N–H and O–H groups in total. The van der Waals surface area contributed by atoms with E-state index in [1.807, 2.05) is 33.8 Å². The molecule has 1 heterocycles. The molecule has 16 heavy (non-hydrogen) atoms. The molecule has 0 spiro atoms. The summed E-state index contributed by atoms with van der Waals surface area (Å²) < 4.78 is 10.6. The van der Waals surface area contributed by atoms with Gasteiger partial charge in [0.15, 0.2) is 6.10 Å². The molecule has 0 unspecified atom stereocenters. The maximum Gasteiger partial charge on any atom is 0.410 e. The van der Waals surface area contributed by atoms with Crippen molar-refractivity contribution in [3.8, 4) is 6.07 Å². The molecule has 0 aromatic heterocycles. The van der Waals surface area contributed by atoms with E-state index in [0.717, 1.165) is 0 Å². The first-order valence-electron chi connectivity index (χ1n) is 5.35. The van der Waals surface area contributed by atoms with Gasteiger partial charge < -0.3 is 14.4 Å². The molecule has 1 rings (SSSR count). The van der Waals surface area contributed by atoms with Gasteiger partial charge in [-0.1, -0.05) is 0 Å². The summed E-state index contributed by atoms with van der Waals surface area (Å²) in [6.45, 7) is 8.02. The van der Waals surface area contributed by atoms with Gasteiger partial charge in [-0.05, 0) is 27.7 Å². The average Bonchev–Trinajstić information content (AvgIpc) is 2.14. The zero-order chi connectivity index (χ0) is 12.3. The van der Waals surface area contributed by atoms with Crippen LogP contribution in [0.25, 0.3) is 0 Å². The quantitative estimate of drug-likeness (QED) is 0.628. The highest BCUT2D eigenvalue weighted by Gasteiger charge is 2.31. The maximum atomic E-state index is 11.8. The molecule has 5 nitrogen and oxygen atoms in total. The molecule has 0 saturated carbocycles. The Labute approximate surface area is 95.9 Å². The largest absolute Gasteiger partial charge is 0.444 e. The number of nitrogens with zero attached hydrogens (tertiary/aromatic N) is 2. The monoisotopic (exact) mass is 226 g/mol. The van der Waals surface area contributed by atoms with E-state index in [1.165, 1.54) is 4.90 Å². The first kappa shape index (κ1) is 12.8. The average molecular weight is 226 g/mol. The molecular formula is C11H18N2O3. The molecule has 1 saturated heterocycles. The Morgan fingerprint density at radius 1 is 1.50 bits per heavy atom. The molecule has 90 valence electrons. The predicted octanol–water partition coefficient (Wildman–Crippen LogP) is 1.53. The van der Waals surface area contributed by atoms with Crippen LogP contribution in [0, 0.1) is 11.3 Å². The summed E-state index contributed by atoms with van der Waals surface area (Å²) in [6.07, 6.45) is -1.08. The number of carbonyl (C=O) groups excluding carboxylic acids is 1. The normalized spacial score (nSPS) is 26.1. The molecule has 0 radical (unpaired) electrons. The molecule has 5 heteroatoms. The fraction of sp³-hybridized carbons (Fsp3) is 0.818. The Morgan fingerprint density at radius 2 is 2.12 bits per heavy atom.